The molecular weight excluding hydrogens is 363 g/mol. The number of hydrogen-bond donors (Lipinski definition) is 1. The zero-order valence-corrected chi connectivity index (χ0v) is 14.8. The molecule has 1 aromatic carbocycles. The molecule has 116 valence electrons. The lowest BCUT2D eigenvalue weighted by Crippen LogP contribution is -2.41. The average Bonchev–Trinajstić information content (AvgIpc) is 2.97. The molecular formula is C15H13Cl3N2OS. The molecule has 0 spiro atoms. The van der Waals surface area contributed by atoms with Gasteiger partial charge in [0.05, 0.1) is 26.8 Å². The minimum absolute atomic E-state index is 0.0385. The van der Waals surface area contributed by atoms with E-state index in [2.05, 4.69) is 16.8 Å². The van der Waals surface area contributed by atoms with E-state index in [0.29, 0.717) is 17.3 Å². The number of fused-ring (bicyclic) bond motifs is 1. The largest absolute Gasteiger partial charge is 0.322 e. The van der Waals surface area contributed by atoms with Gasteiger partial charge >= 0.3 is 6.03 Å². The van der Waals surface area contributed by atoms with Crippen LogP contribution in [0.3, 0.4) is 0 Å². The molecule has 0 fully saturated rings. The second-order valence-corrected chi connectivity index (χ2v) is 7.24. The molecule has 2 aromatic rings. The summed E-state index contributed by atoms with van der Waals surface area (Å²) in [4.78, 5) is 15.7. The van der Waals surface area contributed by atoms with Crippen LogP contribution in [0.25, 0.3) is 0 Å². The number of thiophene rings is 1. The maximum atomic E-state index is 12.5. The van der Waals surface area contributed by atoms with Gasteiger partial charge in [-0.15, -0.1) is 11.3 Å². The van der Waals surface area contributed by atoms with E-state index in [9.17, 15) is 4.79 Å². The molecule has 1 aromatic heterocycles. The number of anilines is 1. The molecule has 22 heavy (non-hydrogen) atoms. The fourth-order valence-electron chi connectivity index (χ4n) is 2.60. The highest BCUT2D eigenvalue weighted by Gasteiger charge is 2.28. The number of benzene rings is 1. The molecule has 0 bridgehead atoms. The topological polar surface area (TPSA) is 32.3 Å². The summed E-state index contributed by atoms with van der Waals surface area (Å²) in [7, 11) is 0. The van der Waals surface area contributed by atoms with Crippen molar-refractivity contribution in [3.05, 3.63) is 49.1 Å². The van der Waals surface area contributed by atoms with E-state index in [-0.39, 0.29) is 22.1 Å². The van der Waals surface area contributed by atoms with E-state index in [1.807, 2.05) is 6.92 Å². The highest BCUT2D eigenvalue weighted by Crippen LogP contribution is 2.37. The summed E-state index contributed by atoms with van der Waals surface area (Å²) in [6.45, 7) is 2.71. The SMILES string of the molecule is C[C@H]1c2ccsc2CCN1C(=O)Nc1ccc(Cl)c(Cl)c1Cl. The standard InChI is InChI=1S/C15H13Cl3N2OS/c1-8-9-5-7-22-12(9)4-6-20(8)15(21)19-11-3-2-10(16)13(17)14(11)18/h2-3,5,7-8H,4,6H2,1H3,(H,19,21)/t8-/m0/s1. The van der Waals surface area contributed by atoms with Gasteiger partial charge in [0.2, 0.25) is 0 Å². The number of nitrogens with one attached hydrogen (secondary N) is 1. The summed E-state index contributed by atoms with van der Waals surface area (Å²) in [6, 6.07) is 5.19. The fourth-order valence-corrected chi connectivity index (χ4v) is 4.14. The molecule has 0 aliphatic carbocycles. The van der Waals surface area contributed by atoms with Crippen LogP contribution in [0, 0.1) is 0 Å². The highest BCUT2D eigenvalue weighted by atomic mass is 35.5. The summed E-state index contributed by atoms with van der Waals surface area (Å²) >= 11 is 19.8. The van der Waals surface area contributed by atoms with E-state index >= 15 is 0 Å². The van der Waals surface area contributed by atoms with Gasteiger partial charge in [-0.05, 0) is 42.5 Å². The van der Waals surface area contributed by atoms with E-state index in [1.54, 1.807) is 28.4 Å². The number of urea groups is 1. The molecule has 0 saturated carbocycles. The zero-order chi connectivity index (χ0) is 15.9. The molecule has 3 rings (SSSR count). The van der Waals surface area contributed by atoms with E-state index in [1.165, 1.54) is 10.4 Å². The van der Waals surface area contributed by atoms with Crippen molar-refractivity contribution >= 4 is 57.9 Å². The Labute approximate surface area is 147 Å². The maximum Gasteiger partial charge on any atom is 0.322 e. The average molecular weight is 376 g/mol. The Morgan fingerprint density at radius 1 is 1.27 bits per heavy atom. The molecule has 0 radical (unpaired) electrons. The molecule has 1 aliphatic heterocycles. The summed E-state index contributed by atoms with van der Waals surface area (Å²) < 4.78 is 0. The van der Waals surface area contributed by atoms with Crippen molar-refractivity contribution in [1.29, 1.82) is 0 Å². The van der Waals surface area contributed by atoms with Crippen LogP contribution in [-0.4, -0.2) is 17.5 Å². The van der Waals surface area contributed by atoms with Gasteiger partial charge in [-0.25, -0.2) is 4.79 Å². The zero-order valence-electron chi connectivity index (χ0n) is 11.7. The van der Waals surface area contributed by atoms with E-state index < -0.39 is 0 Å². The Bertz CT molecular complexity index is 732. The normalized spacial score (nSPS) is 17.3. The van der Waals surface area contributed by atoms with Crippen LogP contribution in [0.5, 0.6) is 0 Å². The number of nitrogens with zero attached hydrogens (tertiary/aromatic N) is 1. The highest BCUT2D eigenvalue weighted by molar-refractivity contribution is 7.10. The first kappa shape index (κ1) is 15.9. The number of amides is 2. The minimum Gasteiger partial charge on any atom is -0.317 e. The number of carbonyl (C=O) groups excluding carboxylic acids is 1. The van der Waals surface area contributed by atoms with Gasteiger partial charge in [0.15, 0.2) is 0 Å². The Kier molecular flexibility index (Phi) is 4.55. The third-order valence-electron chi connectivity index (χ3n) is 3.81. The number of carbonyl (C=O) groups is 1. The van der Waals surface area contributed by atoms with Crippen molar-refractivity contribution in [2.24, 2.45) is 0 Å². The summed E-state index contributed by atoms with van der Waals surface area (Å²) in [5, 5.41) is 5.74. The predicted molar refractivity (Wildman–Crippen MR) is 93.6 cm³/mol. The molecule has 1 atom stereocenters. The van der Waals surface area contributed by atoms with E-state index in [4.69, 9.17) is 34.8 Å². The minimum atomic E-state index is -0.190. The van der Waals surface area contributed by atoms with Gasteiger partial charge in [-0.1, -0.05) is 34.8 Å². The first-order valence-electron chi connectivity index (χ1n) is 6.76. The molecule has 7 heteroatoms. The summed E-state index contributed by atoms with van der Waals surface area (Å²) in [5.74, 6) is 0. The molecule has 2 amide bonds. The molecule has 0 saturated heterocycles. The third-order valence-corrected chi connectivity index (χ3v) is 6.10. The van der Waals surface area contributed by atoms with Gasteiger partial charge in [-0.2, -0.15) is 0 Å². The predicted octanol–water partition coefficient (Wildman–Crippen LogP) is 5.86. The van der Waals surface area contributed by atoms with Crippen LogP contribution in [0.15, 0.2) is 23.6 Å². The first-order valence-corrected chi connectivity index (χ1v) is 8.77. The van der Waals surface area contributed by atoms with E-state index in [0.717, 1.165) is 6.42 Å². The van der Waals surface area contributed by atoms with Crippen molar-refractivity contribution in [2.75, 3.05) is 11.9 Å². The second-order valence-electron chi connectivity index (χ2n) is 5.07. The molecule has 2 heterocycles. The van der Waals surface area contributed by atoms with Crippen LogP contribution in [0.4, 0.5) is 10.5 Å². The van der Waals surface area contributed by atoms with Gasteiger partial charge in [0, 0.05) is 11.4 Å². The van der Waals surface area contributed by atoms with Crippen LogP contribution >= 0.6 is 46.1 Å². The van der Waals surface area contributed by atoms with Crippen molar-refractivity contribution < 1.29 is 4.79 Å². The van der Waals surface area contributed by atoms with Crippen molar-refractivity contribution in [3.63, 3.8) is 0 Å². The second kappa shape index (κ2) is 6.28. The number of rotatable bonds is 1. The van der Waals surface area contributed by atoms with Crippen molar-refractivity contribution in [2.45, 2.75) is 19.4 Å². The lowest BCUT2D eigenvalue weighted by Gasteiger charge is -2.33. The van der Waals surface area contributed by atoms with Crippen LogP contribution in [0.2, 0.25) is 15.1 Å². The molecule has 0 unspecified atom stereocenters. The van der Waals surface area contributed by atoms with Crippen LogP contribution in [-0.2, 0) is 6.42 Å². The Balaban J connectivity index is 1.80. The monoisotopic (exact) mass is 374 g/mol. The Morgan fingerprint density at radius 2 is 2.05 bits per heavy atom. The lowest BCUT2D eigenvalue weighted by molar-refractivity contribution is 0.189. The van der Waals surface area contributed by atoms with Crippen LogP contribution in [0.1, 0.15) is 23.4 Å². The molecule has 1 N–H and O–H groups in total. The summed E-state index contributed by atoms with van der Waals surface area (Å²) in [6.07, 6.45) is 0.875. The number of halogens is 3. The maximum absolute atomic E-state index is 12.5. The van der Waals surface area contributed by atoms with Crippen molar-refractivity contribution in [1.82, 2.24) is 4.90 Å². The summed E-state index contributed by atoms with van der Waals surface area (Å²) in [5.41, 5.74) is 1.68. The first-order chi connectivity index (χ1) is 10.5. The lowest BCUT2D eigenvalue weighted by atomic mass is 10.0. The smallest absolute Gasteiger partial charge is 0.317 e. The van der Waals surface area contributed by atoms with Crippen LogP contribution < -0.4 is 5.32 Å². The number of hydrogen-bond acceptors (Lipinski definition) is 2. The van der Waals surface area contributed by atoms with Crippen molar-refractivity contribution in [3.8, 4) is 0 Å². The van der Waals surface area contributed by atoms with Gasteiger partial charge < -0.3 is 10.2 Å². The van der Waals surface area contributed by atoms with Gasteiger partial charge in [0.1, 0.15) is 0 Å². The van der Waals surface area contributed by atoms with Gasteiger partial charge in [0.25, 0.3) is 0 Å². The molecule has 3 nitrogen and oxygen atoms in total. The Hall–Kier alpha value is -0.940. The Morgan fingerprint density at radius 3 is 2.82 bits per heavy atom. The quantitative estimate of drug-likeness (QED) is 0.622. The van der Waals surface area contributed by atoms with Gasteiger partial charge in [-0.3, -0.25) is 0 Å². The third kappa shape index (κ3) is 2.81. The molecule has 1 aliphatic rings. The fraction of sp³-hybridized carbons (Fsp3) is 0.267.